The lowest BCUT2D eigenvalue weighted by Gasteiger charge is -2.38. The highest BCUT2D eigenvalue weighted by molar-refractivity contribution is 7.58. The zero-order valence-electron chi connectivity index (χ0n) is 12.5. The van der Waals surface area contributed by atoms with Crippen molar-refractivity contribution in [3.8, 4) is 0 Å². The highest BCUT2D eigenvalue weighted by atomic mass is 32.1. The van der Waals surface area contributed by atoms with E-state index in [9.17, 15) is 9.90 Å². The number of likely N-dealkylation sites (tertiary alicyclic amines) is 1. The van der Waals surface area contributed by atoms with Crippen molar-refractivity contribution in [1.29, 1.82) is 0 Å². The molecular weight excluding hydrogens is 300 g/mol. The van der Waals surface area contributed by atoms with Crippen molar-refractivity contribution < 1.29 is 9.90 Å². The number of piperidine rings is 1. The van der Waals surface area contributed by atoms with Gasteiger partial charge in [-0.05, 0) is 37.4 Å². The molecule has 0 saturated carbocycles. The summed E-state index contributed by atoms with van der Waals surface area (Å²) in [7, 11) is 0. The summed E-state index contributed by atoms with van der Waals surface area (Å²) < 4.78 is 8.40. The Balaban J connectivity index is 1.66. The van der Waals surface area contributed by atoms with E-state index in [1.807, 2.05) is 18.2 Å². The van der Waals surface area contributed by atoms with E-state index in [-0.39, 0.29) is 18.6 Å². The lowest BCUT2D eigenvalue weighted by atomic mass is 9.91. The minimum atomic E-state index is -0.0759. The quantitative estimate of drug-likeness (QED) is 0.908. The third kappa shape index (κ3) is 3.11. The van der Waals surface area contributed by atoms with Crippen LogP contribution in [-0.4, -0.2) is 41.7 Å². The van der Waals surface area contributed by atoms with Gasteiger partial charge in [0.25, 0.3) is 0 Å². The Morgan fingerprint density at radius 3 is 3.18 bits per heavy atom. The van der Waals surface area contributed by atoms with Gasteiger partial charge in [-0.2, -0.15) is 8.73 Å². The van der Waals surface area contributed by atoms with E-state index in [2.05, 4.69) is 25.9 Å². The molecular formula is C15H20N4O2S. The molecule has 2 N–H and O–H groups in total. The molecule has 2 aliphatic heterocycles. The molecule has 1 saturated heterocycles. The molecule has 0 aromatic heterocycles. The van der Waals surface area contributed by atoms with Crippen LogP contribution >= 0.6 is 0 Å². The predicted octanol–water partition coefficient (Wildman–Crippen LogP) is 2.44. The van der Waals surface area contributed by atoms with Crippen LogP contribution in [0.1, 0.15) is 19.8 Å². The second-order valence-corrected chi connectivity index (χ2v) is 6.35. The van der Waals surface area contributed by atoms with Gasteiger partial charge in [0.1, 0.15) is 11.4 Å². The average molecular weight is 320 g/mol. The summed E-state index contributed by atoms with van der Waals surface area (Å²) in [6.07, 6.45) is 2.17. The summed E-state index contributed by atoms with van der Waals surface area (Å²) in [6, 6.07) is 5.64. The predicted molar refractivity (Wildman–Crippen MR) is 87.5 cm³/mol. The number of anilines is 1. The van der Waals surface area contributed by atoms with Crippen LogP contribution < -0.4 is 5.32 Å². The Hall–Kier alpha value is -1.57. The van der Waals surface area contributed by atoms with Gasteiger partial charge in [0.05, 0.1) is 30.2 Å². The maximum absolute atomic E-state index is 12.3. The van der Waals surface area contributed by atoms with Crippen LogP contribution in [0.5, 0.6) is 0 Å². The van der Waals surface area contributed by atoms with Gasteiger partial charge >= 0.3 is 0 Å². The number of nitrogens with one attached hydrogen (secondary N) is 1. The van der Waals surface area contributed by atoms with E-state index in [1.54, 1.807) is 0 Å². The topological polar surface area (TPSA) is 77.3 Å². The van der Waals surface area contributed by atoms with Crippen molar-refractivity contribution >= 4 is 34.3 Å². The fourth-order valence-corrected chi connectivity index (χ4v) is 3.66. The summed E-state index contributed by atoms with van der Waals surface area (Å²) in [6.45, 7) is 3.38. The maximum atomic E-state index is 12.3. The van der Waals surface area contributed by atoms with Crippen LogP contribution in [0.15, 0.2) is 26.9 Å². The van der Waals surface area contributed by atoms with Gasteiger partial charge in [0.2, 0.25) is 5.91 Å². The standard InChI is InChI=1S/C15H20N4O2S/c1-10-4-3-7-19(13(10)9-20)8-14(21)16-11-5-2-6-12-15(11)18-22-17-12/h2,5-6,10,13,20H,3-4,7-9H2,1H3,(H,16,21). The van der Waals surface area contributed by atoms with Gasteiger partial charge in [-0.1, -0.05) is 13.0 Å². The number of carbonyl (C=O) groups excluding carboxylic acids is 1. The second kappa shape index (κ2) is 6.68. The molecule has 0 radical (unpaired) electrons. The van der Waals surface area contributed by atoms with E-state index in [0.29, 0.717) is 18.2 Å². The number of benzene rings is 1. The van der Waals surface area contributed by atoms with Crippen molar-refractivity contribution in [1.82, 2.24) is 4.90 Å². The largest absolute Gasteiger partial charge is 0.395 e. The van der Waals surface area contributed by atoms with E-state index >= 15 is 0 Å². The van der Waals surface area contributed by atoms with Crippen LogP contribution in [0.2, 0.25) is 0 Å². The number of hydrogen-bond acceptors (Lipinski definition) is 5. The SMILES string of the molecule is CC1CCCN(CC(=O)Nc2cccc3c2N=S=N3)C1CO. The molecule has 2 heterocycles. The molecule has 2 unspecified atom stereocenters. The number of hydrogen-bond donors (Lipinski definition) is 2. The molecule has 1 aromatic carbocycles. The van der Waals surface area contributed by atoms with Gasteiger partial charge in [0, 0.05) is 6.04 Å². The molecule has 2 aliphatic rings. The van der Waals surface area contributed by atoms with Crippen LogP contribution in [0, 0.1) is 5.92 Å². The van der Waals surface area contributed by atoms with E-state index in [1.165, 1.54) is 0 Å². The van der Waals surface area contributed by atoms with Crippen LogP contribution in [-0.2, 0) is 16.1 Å². The zero-order valence-corrected chi connectivity index (χ0v) is 13.3. The molecule has 2 atom stereocenters. The average Bonchev–Trinajstić information content (AvgIpc) is 2.97. The molecule has 118 valence electrons. The van der Waals surface area contributed by atoms with Crippen LogP contribution in [0.3, 0.4) is 0 Å². The highest BCUT2D eigenvalue weighted by Crippen LogP contribution is 2.38. The fraction of sp³-hybridized carbons (Fsp3) is 0.533. The van der Waals surface area contributed by atoms with Gasteiger partial charge in [0.15, 0.2) is 0 Å². The summed E-state index contributed by atoms with van der Waals surface area (Å²) >= 11 is 1.14. The normalized spacial score (nSPS) is 23.9. The van der Waals surface area contributed by atoms with Gasteiger partial charge in [-0.25, -0.2) is 0 Å². The highest BCUT2D eigenvalue weighted by Gasteiger charge is 2.29. The lowest BCUT2D eigenvalue weighted by Crippen LogP contribution is -2.49. The number of amides is 1. The number of fused-ring (bicyclic) bond motifs is 1. The first-order valence-electron chi connectivity index (χ1n) is 7.55. The Kier molecular flexibility index (Phi) is 4.66. The third-order valence-corrected chi connectivity index (χ3v) is 4.87. The summed E-state index contributed by atoms with van der Waals surface area (Å²) in [4.78, 5) is 14.4. The van der Waals surface area contributed by atoms with Crippen molar-refractivity contribution in [3.63, 3.8) is 0 Å². The Labute approximate surface area is 133 Å². The molecule has 22 heavy (non-hydrogen) atoms. The second-order valence-electron chi connectivity index (χ2n) is 5.83. The molecule has 1 amide bonds. The number of nitrogens with zero attached hydrogens (tertiary/aromatic N) is 3. The number of aliphatic hydroxyl groups is 1. The smallest absolute Gasteiger partial charge is 0.238 e. The maximum Gasteiger partial charge on any atom is 0.238 e. The van der Waals surface area contributed by atoms with Crippen molar-refractivity contribution in [3.05, 3.63) is 18.2 Å². The summed E-state index contributed by atoms with van der Waals surface area (Å²) in [5.74, 6) is 0.339. The first-order valence-corrected chi connectivity index (χ1v) is 8.28. The lowest BCUT2D eigenvalue weighted by molar-refractivity contribution is -0.118. The van der Waals surface area contributed by atoms with Crippen molar-refractivity contribution in [2.24, 2.45) is 14.6 Å². The minimum Gasteiger partial charge on any atom is -0.395 e. The van der Waals surface area contributed by atoms with Gasteiger partial charge in [-0.15, -0.1) is 0 Å². The van der Waals surface area contributed by atoms with E-state index in [0.717, 1.165) is 42.1 Å². The first kappa shape index (κ1) is 15.3. The minimum absolute atomic E-state index is 0.0660. The van der Waals surface area contributed by atoms with E-state index < -0.39 is 0 Å². The molecule has 3 rings (SSSR count). The molecule has 0 spiro atoms. The molecule has 0 bridgehead atoms. The fourth-order valence-electron chi connectivity index (χ4n) is 3.11. The molecule has 0 aliphatic carbocycles. The van der Waals surface area contributed by atoms with Crippen molar-refractivity contribution in [2.75, 3.05) is 25.0 Å². The summed E-state index contributed by atoms with van der Waals surface area (Å²) in [5.41, 5.74) is 2.22. The van der Waals surface area contributed by atoms with E-state index in [4.69, 9.17) is 0 Å². The van der Waals surface area contributed by atoms with Gasteiger partial charge < -0.3 is 10.4 Å². The van der Waals surface area contributed by atoms with Crippen LogP contribution in [0.4, 0.5) is 17.1 Å². The van der Waals surface area contributed by atoms with Gasteiger partial charge in [-0.3, -0.25) is 9.69 Å². The number of rotatable bonds is 4. The Bertz CT molecular complexity index is 642. The molecule has 1 aromatic rings. The Morgan fingerprint density at radius 1 is 1.50 bits per heavy atom. The number of aliphatic hydroxyl groups excluding tert-OH is 1. The molecule has 7 heteroatoms. The zero-order chi connectivity index (χ0) is 15.5. The molecule has 6 nitrogen and oxygen atoms in total. The van der Waals surface area contributed by atoms with Crippen LogP contribution in [0.25, 0.3) is 0 Å². The Morgan fingerprint density at radius 2 is 2.36 bits per heavy atom. The molecule has 1 fully saturated rings. The van der Waals surface area contributed by atoms with Crippen molar-refractivity contribution in [2.45, 2.75) is 25.8 Å². The summed E-state index contributed by atoms with van der Waals surface area (Å²) in [5, 5.41) is 12.5. The number of carbonyl (C=O) groups is 1. The monoisotopic (exact) mass is 320 g/mol. The third-order valence-electron chi connectivity index (χ3n) is 4.32. The first-order chi connectivity index (χ1) is 10.7.